The zero-order chi connectivity index (χ0) is 15.9. The summed E-state index contributed by atoms with van der Waals surface area (Å²) < 4.78 is 0. The minimum Gasteiger partial charge on any atom is -0.337 e. The quantitative estimate of drug-likeness (QED) is 0.875. The van der Waals surface area contributed by atoms with Crippen molar-refractivity contribution in [3.63, 3.8) is 0 Å². The highest BCUT2D eigenvalue weighted by atomic mass is 16.2. The summed E-state index contributed by atoms with van der Waals surface area (Å²) in [5.74, 6) is 0.385. The van der Waals surface area contributed by atoms with Gasteiger partial charge in [-0.15, -0.1) is 0 Å². The van der Waals surface area contributed by atoms with E-state index in [0.717, 1.165) is 38.8 Å². The van der Waals surface area contributed by atoms with Crippen LogP contribution in [0.5, 0.6) is 0 Å². The Labute approximate surface area is 134 Å². The maximum absolute atomic E-state index is 12.9. The lowest BCUT2D eigenvalue weighted by atomic mass is 9.85. The van der Waals surface area contributed by atoms with E-state index in [2.05, 4.69) is 17.0 Å². The van der Waals surface area contributed by atoms with Crippen LogP contribution in [0.2, 0.25) is 0 Å². The van der Waals surface area contributed by atoms with Crippen molar-refractivity contribution < 1.29 is 4.79 Å². The van der Waals surface area contributed by atoms with Gasteiger partial charge in [0.2, 0.25) is 5.91 Å². The average Bonchev–Trinajstić information content (AvgIpc) is 2.51. The molecule has 122 valence electrons. The number of rotatable bonds is 6. The van der Waals surface area contributed by atoms with Gasteiger partial charge in [-0.3, -0.25) is 4.79 Å². The summed E-state index contributed by atoms with van der Waals surface area (Å²) >= 11 is 0. The van der Waals surface area contributed by atoms with Gasteiger partial charge in [-0.25, -0.2) is 0 Å². The van der Waals surface area contributed by atoms with Crippen LogP contribution in [-0.4, -0.2) is 48.9 Å². The third kappa shape index (κ3) is 5.11. The van der Waals surface area contributed by atoms with Crippen molar-refractivity contribution in [1.82, 2.24) is 9.80 Å². The third-order valence-electron chi connectivity index (χ3n) is 4.41. The Morgan fingerprint density at radius 2 is 1.91 bits per heavy atom. The Balaban J connectivity index is 2.03. The zero-order valence-corrected chi connectivity index (χ0v) is 13.9. The molecule has 0 spiro atoms. The van der Waals surface area contributed by atoms with Gasteiger partial charge in [-0.2, -0.15) is 0 Å². The molecule has 1 amide bonds. The van der Waals surface area contributed by atoms with Crippen molar-refractivity contribution in [2.75, 3.05) is 27.2 Å². The van der Waals surface area contributed by atoms with E-state index in [0.29, 0.717) is 6.54 Å². The summed E-state index contributed by atoms with van der Waals surface area (Å²) in [7, 11) is 4.09. The highest BCUT2D eigenvalue weighted by Crippen LogP contribution is 2.25. The van der Waals surface area contributed by atoms with Crippen molar-refractivity contribution in [1.29, 1.82) is 0 Å². The van der Waals surface area contributed by atoms with Crippen molar-refractivity contribution in [3.8, 4) is 0 Å². The van der Waals surface area contributed by atoms with Gasteiger partial charge in [0.05, 0.1) is 0 Å². The fourth-order valence-electron chi connectivity index (χ4n) is 3.10. The minimum absolute atomic E-state index is 0.106. The Kier molecular flexibility index (Phi) is 6.40. The molecule has 22 heavy (non-hydrogen) atoms. The number of carbonyl (C=O) groups is 1. The van der Waals surface area contributed by atoms with E-state index >= 15 is 0 Å². The van der Waals surface area contributed by atoms with Crippen LogP contribution in [-0.2, 0) is 11.3 Å². The number of nitrogens with two attached hydrogens (primary N) is 1. The second-order valence-electron chi connectivity index (χ2n) is 6.67. The largest absolute Gasteiger partial charge is 0.337 e. The van der Waals surface area contributed by atoms with Gasteiger partial charge in [0.1, 0.15) is 0 Å². The first-order valence-corrected chi connectivity index (χ1v) is 8.29. The van der Waals surface area contributed by atoms with Gasteiger partial charge in [0.25, 0.3) is 0 Å². The van der Waals surface area contributed by atoms with Crippen molar-refractivity contribution in [3.05, 3.63) is 35.9 Å². The lowest BCUT2D eigenvalue weighted by Gasteiger charge is -2.32. The van der Waals surface area contributed by atoms with Crippen LogP contribution in [0.3, 0.4) is 0 Å². The van der Waals surface area contributed by atoms with E-state index in [4.69, 9.17) is 5.73 Å². The molecule has 1 aliphatic carbocycles. The Hall–Kier alpha value is -1.39. The SMILES string of the molecule is CN(C)CCN(Cc1ccccc1)C(=O)C1CCCC(N)C1. The lowest BCUT2D eigenvalue weighted by molar-refractivity contribution is -0.137. The smallest absolute Gasteiger partial charge is 0.226 e. The summed E-state index contributed by atoms with van der Waals surface area (Å²) in [5, 5.41) is 0. The molecule has 0 saturated heterocycles. The number of amides is 1. The molecule has 0 aliphatic heterocycles. The molecule has 1 saturated carbocycles. The molecule has 4 nitrogen and oxygen atoms in total. The van der Waals surface area contributed by atoms with Crippen LogP contribution in [0.15, 0.2) is 30.3 Å². The first-order valence-electron chi connectivity index (χ1n) is 8.29. The molecular formula is C18H29N3O. The molecule has 1 aliphatic rings. The first-order chi connectivity index (χ1) is 10.6. The Morgan fingerprint density at radius 3 is 2.55 bits per heavy atom. The summed E-state index contributed by atoms with van der Waals surface area (Å²) in [4.78, 5) is 17.0. The van der Waals surface area contributed by atoms with E-state index < -0.39 is 0 Å². The van der Waals surface area contributed by atoms with Crippen molar-refractivity contribution in [2.45, 2.75) is 38.3 Å². The Bertz CT molecular complexity index is 461. The second kappa shape index (κ2) is 8.30. The molecule has 0 radical (unpaired) electrons. The maximum Gasteiger partial charge on any atom is 0.226 e. The fourth-order valence-corrected chi connectivity index (χ4v) is 3.10. The molecule has 1 aromatic rings. The number of likely N-dealkylation sites (N-methyl/N-ethyl adjacent to an activating group) is 1. The van der Waals surface area contributed by atoms with Gasteiger partial charge in [0, 0.05) is 31.6 Å². The normalized spacial score (nSPS) is 21.8. The molecule has 0 heterocycles. The summed E-state index contributed by atoms with van der Waals surface area (Å²) in [6.07, 6.45) is 3.95. The Morgan fingerprint density at radius 1 is 1.18 bits per heavy atom. The van der Waals surface area contributed by atoms with Crippen LogP contribution in [0.1, 0.15) is 31.2 Å². The van der Waals surface area contributed by atoms with Gasteiger partial charge in [0.15, 0.2) is 0 Å². The highest BCUT2D eigenvalue weighted by molar-refractivity contribution is 5.79. The van der Waals surface area contributed by atoms with Gasteiger partial charge in [-0.1, -0.05) is 36.8 Å². The van der Waals surface area contributed by atoms with Gasteiger partial charge >= 0.3 is 0 Å². The van der Waals surface area contributed by atoms with Crippen LogP contribution >= 0.6 is 0 Å². The number of hydrogen-bond donors (Lipinski definition) is 1. The summed E-state index contributed by atoms with van der Waals surface area (Å²) in [6.45, 7) is 2.35. The zero-order valence-electron chi connectivity index (χ0n) is 13.9. The van der Waals surface area contributed by atoms with E-state index in [-0.39, 0.29) is 17.9 Å². The predicted molar refractivity (Wildman–Crippen MR) is 90.3 cm³/mol. The number of benzene rings is 1. The molecule has 1 fully saturated rings. The second-order valence-corrected chi connectivity index (χ2v) is 6.67. The topological polar surface area (TPSA) is 49.6 Å². The molecule has 0 aromatic heterocycles. The molecule has 2 atom stereocenters. The predicted octanol–water partition coefficient (Wildman–Crippen LogP) is 2.09. The number of carbonyl (C=O) groups excluding carboxylic acids is 1. The minimum atomic E-state index is 0.106. The van der Waals surface area contributed by atoms with Crippen molar-refractivity contribution in [2.24, 2.45) is 11.7 Å². The monoisotopic (exact) mass is 303 g/mol. The van der Waals surface area contributed by atoms with E-state index in [1.54, 1.807) is 0 Å². The first kappa shape index (κ1) is 17.0. The molecular weight excluding hydrogens is 274 g/mol. The van der Waals surface area contributed by atoms with Gasteiger partial charge < -0.3 is 15.5 Å². The van der Waals surface area contributed by atoms with Crippen molar-refractivity contribution >= 4 is 5.91 Å². The van der Waals surface area contributed by atoms with Crippen LogP contribution in [0.25, 0.3) is 0 Å². The molecule has 4 heteroatoms. The average molecular weight is 303 g/mol. The summed E-state index contributed by atoms with van der Waals surface area (Å²) in [6, 6.07) is 10.4. The van der Waals surface area contributed by atoms with Crippen LogP contribution in [0, 0.1) is 5.92 Å². The molecule has 2 rings (SSSR count). The number of hydrogen-bond acceptors (Lipinski definition) is 3. The van der Waals surface area contributed by atoms with E-state index in [1.807, 2.05) is 37.2 Å². The van der Waals surface area contributed by atoms with Gasteiger partial charge in [-0.05, 0) is 38.9 Å². The van der Waals surface area contributed by atoms with E-state index in [1.165, 1.54) is 5.56 Å². The standard InChI is InChI=1S/C18H29N3O/c1-20(2)11-12-21(14-15-7-4-3-5-8-15)18(22)16-9-6-10-17(19)13-16/h3-5,7-8,16-17H,6,9-14,19H2,1-2H3. The molecule has 2 N–H and O–H groups in total. The van der Waals surface area contributed by atoms with E-state index in [9.17, 15) is 4.79 Å². The van der Waals surface area contributed by atoms with Crippen LogP contribution in [0.4, 0.5) is 0 Å². The highest BCUT2D eigenvalue weighted by Gasteiger charge is 2.28. The van der Waals surface area contributed by atoms with Crippen LogP contribution < -0.4 is 5.73 Å². The fraction of sp³-hybridized carbons (Fsp3) is 0.611. The number of nitrogens with zero attached hydrogens (tertiary/aromatic N) is 2. The summed E-state index contributed by atoms with van der Waals surface area (Å²) in [5.41, 5.74) is 7.25. The molecule has 2 unspecified atom stereocenters. The third-order valence-corrected chi connectivity index (χ3v) is 4.41. The lowest BCUT2D eigenvalue weighted by Crippen LogP contribution is -2.42. The molecule has 1 aromatic carbocycles. The molecule has 0 bridgehead atoms. The maximum atomic E-state index is 12.9.